The molecule has 0 saturated heterocycles. The van der Waals surface area contributed by atoms with Crippen LogP contribution in [0, 0.1) is 5.92 Å². The van der Waals surface area contributed by atoms with Gasteiger partial charge in [0, 0.05) is 24.4 Å². The number of aliphatic hydroxyl groups is 1. The van der Waals surface area contributed by atoms with Crippen molar-refractivity contribution in [2.75, 3.05) is 0 Å². The first-order valence-corrected chi connectivity index (χ1v) is 7.09. The monoisotopic (exact) mass is 248 g/mol. The highest BCUT2D eigenvalue weighted by Crippen LogP contribution is 2.27. The summed E-state index contributed by atoms with van der Waals surface area (Å²) < 4.78 is 0. The van der Waals surface area contributed by atoms with Gasteiger partial charge in [-0.1, -0.05) is 38.2 Å². The molecule has 1 saturated carbocycles. The van der Waals surface area contributed by atoms with E-state index in [2.05, 4.69) is 4.98 Å². The second kappa shape index (κ2) is 6.86. The molecule has 0 aliphatic heterocycles. The van der Waals surface area contributed by atoms with Crippen LogP contribution in [0.15, 0.2) is 24.4 Å². The Labute approximate surface area is 109 Å². The molecule has 0 aromatic carbocycles. The van der Waals surface area contributed by atoms with Gasteiger partial charge in [0.2, 0.25) is 0 Å². The van der Waals surface area contributed by atoms with Gasteiger partial charge in [0.25, 0.3) is 0 Å². The Hall–Kier alpha value is -0.930. The van der Waals surface area contributed by atoms with Gasteiger partial charge in [-0.2, -0.15) is 0 Å². The van der Waals surface area contributed by atoms with Crippen LogP contribution in [0.3, 0.4) is 0 Å². The van der Waals surface area contributed by atoms with Crippen molar-refractivity contribution in [3.63, 3.8) is 0 Å². The normalized spacial score (nSPS) is 20.6. The van der Waals surface area contributed by atoms with Crippen LogP contribution >= 0.6 is 0 Å². The first kappa shape index (κ1) is 13.5. The lowest BCUT2D eigenvalue weighted by Gasteiger charge is -2.27. The zero-order chi connectivity index (χ0) is 12.8. The van der Waals surface area contributed by atoms with Crippen LogP contribution in [-0.4, -0.2) is 22.2 Å². The lowest BCUT2D eigenvalue weighted by Crippen LogP contribution is -2.38. The summed E-state index contributed by atoms with van der Waals surface area (Å²) in [4.78, 5) is 4.23. The maximum Gasteiger partial charge on any atom is 0.0746 e. The number of hydrogen-bond donors (Lipinski definition) is 2. The highest BCUT2D eigenvalue weighted by atomic mass is 16.3. The first-order valence-electron chi connectivity index (χ1n) is 7.09. The average molecular weight is 248 g/mol. The topological polar surface area (TPSA) is 59.1 Å². The van der Waals surface area contributed by atoms with E-state index >= 15 is 0 Å². The van der Waals surface area contributed by atoms with Crippen LogP contribution in [0.5, 0.6) is 0 Å². The Kier molecular flexibility index (Phi) is 5.14. The molecule has 3 N–H and O–H groups in total. The quantitative estimate of drug-likeness (QED) is 0.840. The Bertz CT molecular complexity index is 336. The molecule has 1 heterocycles. The van der Waals surface area contributed by atoms with E-state index < -0.39 is 6.10 Å². The number of hydrogen-bond acceptors (Lipinski definition) is 3. The summed E-state index contributed by atoms with van der Waals surface area (Å²) >= 11 is 0. The molecule has 1 fully saturated rings. The molecule has 0 radical (unpaired) electrons. The maximum atomic E-state index is 10.1. The van der Waals surface area contributed by atoms with Crippen LogP contribution in [-0.2, 0) is 6.42 Å². The van der Waals surface area contributed by atoms with Crippen LogP contribution in [0.1, 0.15) is 44.2 Å². The Morgan fingerprint density at radius 3 is 2.72 bits per heavy atom. The Balaban J connectivity index is 1.79. The first-order chi connectivity index (χ1) is 8.75. The lowest BCUT2D eigenvalue weighted by molar-refractivity contribution is 0.126. The molecule has 1 aromatic heterocycles. The predicted molar refractivity (Wildman–Crippen MR) is 73.1 cm³/mol. The van der Waals surface area contributed by atoms with E-state index in [1.54, 1.807) is 6.20 Å². The van der Waals surface area contributed by atoms with Crippen molar-refractivity contribution < 1.29 is 5.11 Å². The van der Waals surface area contributed by atoms with Crippen molar-refractivity contribution in [3.8, 4) is 0 Å². The molecule has 2 unspecified atom stereocenters. The van der Waals surface area contributed by atoms with Gasteiger partial charge < -0.3 is 10.8 Å². The standard InChI is InChI=1S/C15H24N2O/c16-14(10-12-6-2-1-3-7-12)15(18)11-13-8-4-5-9-17-13/h4-5,8-9,12,14-15,18H,1-3,6-7,10-11,16H2. The van der Waals surface area contributed by atoms with Gasteiger partial charge in [-0.3, -0.25) is 4.98 Å². The predicted octanol–water partition coefficient (Wildman–Crippen LogP) is 2.28. The zero-order valence-corrected chi connectivity index (χ0v) is 11.0. The van der Waals surface area contributed by atoms with Gasteiger partial charge in [-0.25, -0.2) is 0 Å². The van der Waals surface area contributed by atoms with Crippen molar-refractivity contribution >= 4 is 0 Å². The minimum Gasteiger partial charge on any atom is -0.391 e. The minimum absolute atomic E-state index is 0.116. The van der Waals surface area contributed by atoms with E-state index in [9.17, 15) is 5.11 Å². The number of aliphatic hydroxyl groups excluding tert-OH is 1. The van der Waals surface area contributed by atoms with E-state index in [1.165, 1.54) is 32.1 Å². The SMILES string of the molecule is NC(CC1CCCCC1)C(O)Cc1ccccn1. The molecule has 3 nitrogen and oxygen atoms in total. The van der Waals surface area contributed by atoms with E-state index in [4.69, 9.17) is 5.73 Å². The van der Waals surface area contributed by atoms with Gasteiger partial charge in [-0.15, -0.1) is 0 Å². The number of nitrogens with zero attached hydrogens (tertiary/aromatic N) is 1. The molecule has 2 rings (SSSR count). The van der Waals surface area contributed by atoms with Crippen molar-refractivity contribution in [1.29, 1.82) is 0 Å². The zero-order valence-electron chi connectivity index (χ0n) is 11.0. The molecule has 3 heteroatoms. The fourth-order valence-corrected chi connectivity index (χ4v) is 2.85. The second-order valence-corrected chi connectivity index (χ2v) is 5.50. The molecule has 1 aliphatic rings. The van der Waals surface area contributed by atoms with Crippen LogP contribution in [0.25, 0.3) is 0 Å². The summed E-state index contributed by atoms with van der Waals surface area (Å²) in [6, 6.07) is 5.66. The number of pyridine rings is 1. The number of nitrogens with two attached hydrogens (primary N) is 1. The number of rotatable bonds is 5. The molecule has 0 amide bonds. The maximum absolute atomic E-state index is 10.1. The third kappa shape index (κ3) is 4.07. The summed E-state index contributed by atoms with van der Waals surface area (Å²) in [5, 5.41) is 10.1. The van der Waals surface area contributed by atoms with Crippen molar-refractivity contribution in [2.24, 2.45) is 11.7 Å². The fourth-order valence-electron chi connectivity index (χ4n) is 2.85. The lowest BCUT2D eigenvalue weighted by atomic mass is 9.83. The fraction of sp³-hybridized carbons (Fsp3) is 0.667. The average Bonchev–Trinajstić information content (AvgIpc) is 2.41. The molecule has 2 atom stereocenters. The van der Waals surface area contributed by atoms with E-state index in [0.717, 1.165) is 12.1 Å². The highest BCUT2D eigenvalue weighted by Gasteiger charge is 2.21. The van der Waals surface area contributed by atoms with Crippen molar-refractivity contribution in [2.45, 2.75) is 57.1 Å². The molecular weight excluding hydrogens is 224 g/mol. The largest absolute Gasteiger partial charge is 0.391 e. The Morgan fingerprint density at radius 2 is 2.06 bits per heavy atom. The Morgan fingerprint density at radius 1 is 1.28 bits per heavy atom. The molecule has 18 heavy (non-hydrogen) atoms. The van der Waals surface area contributed by atoms with Gasteiger partial charge >= 0.3 is 0 Å². The van der Waals surface area contributed by atoms with E-state index in [1.807, 2.05) is 18.2 Å². The van der Waals surface area contributed by atoms with Crippen LogP contribution in [0.2, 0.25) is 0 Å². The smallest absolute Gasteiger partial charge is 0.0746 e. The molecular formula is C15H24N2O. The van der Waals surface area contributed by atoms with Gasteiger partial charge in [0.15, 0.2) is 0 Å². The van der Waals surface area contributed by atoms with E-state index in [0.29, 0.717) is 12.3 Å². The third-order valence-electron chi connectivity index (χ3n) is 3.97. The van der Waals surface area contributed by atoms with E-state index in [-0.39, 0.29) is 6.04 Å². The van der Waals surface area contributed by atoms with Crippen LogP contribution in [0.4, 0.5) is 0 Å². The van der Waals surface area contributed by atoms with Gasteiger partial charge in [0.1, 0.15) is 0 Å². The summed E-state index contributed by atoms with van der Waals surface area (Å²) in [7, 11) is 0. The number of aromatic nitrogens is 1. The summed E-state index contributed by atoms with van der Waals surface area (Å²) in [5.74, 6) is 0.715. The highest BCUT2D eigenvalue weighted by molar-refractivity contribution is 5.05. The molecule has 1 aromatic rings. The van der Waals surface area contributed by atoms with Crippen LogP contribution < -0.4 is 5.73 Å². The molecule has 0 bridgehead atoms. The van der Waals surface area contributed by atoms with Gasteiger partial charge in [0.05, 0.1) is 6.10 Å². The van der Waals surface area contributed by atoms with Gasteiger partial charge in [-0.05, 0) is 24.5 Å². The van der Waals surface area contributed by atoms with Crippen molar-refractivity contribution in [1.82, 2.24) is 4.98 Å². The summed E-state index contributed by atoms with van der Waals surface area (Å²) in [6.45, 7) is 0. The van der Waals surface area contributed by atoms with Crippen molar-refractivity contribution in [3.05, 3.63) is 30.1 Å². The summed E-state index contributed by atoms with van der Waals surface area (Å²) in [5.41, 5.74) is 7.04. The minimum atomic E-state index is -0.471. The molecule has 0 spiro atoms. The summed E-state index contributed by atoms with van der Waals surface area (Å²) in [6.07, 6.45) is 9.39. The molecule has 100 valence electrons. The second-order valence-electron chi connectivity index (χ2n) is 5.50. The molecule has 1 aliphatic carbocycles. The third-order valence-corrected chi connectivity index (χ3v) is 3.97.